The number of nitrogens with zero attached hydrogens (tertiary/aromatic N) is 1. The maximum Gasteiger partial charge on any atom is 0.255 e. The molecule has 1 N–H and O–H groups in total. The second-order valence-corrected chi connectivity index (χ2v) is 12.0. The van der Waals surface area contributed by atoms with Gasteiger partial charge in [-0.1, -0.05) is 34.8 Å². The zero-order chi connectivity index (χ0) is 30.3. The summed E-state index contributed by atoms with van der Waals surface area (Å²) in [7, 11) is 0. The number of hydrogen-bond donors (Lipinski definition) is 1. The number of carbonyl (C=O) groups is 1. The molecule has 3 aromatic rings. The minimum absolute atomic E-state index is 0.0239. The fourth-order valence-electron chi connectivity index (χ4n) is 3.19. The van der Waals surface area contributed by atoms with Gasteiger partial charge in [-0.05, 0) is 37.3 Å². The van der Waals surface area contributed by atoms with Crippen LogP contribution in [0.5, 0.6) is 17.2 Å². The predicted octanol–water partition coefficient (Wildman–Crippen LogP) is 11.4. The first-order valence-corrected chi connectivity index (χ1v) is 15.2. The molecule has 0 aromatic heterocycles. The highest BCUT2D eigenvalue weighted by atomic mass is 35.5. The molecule has 5 nitrogen and oxygen atoms in total. The van der Waals surface area contributed by atoms with E-state index in [9.17, 15) is 29.5 Å². The summed E-state index contributed by atoms with van der Waals surface area (Å²) < 4.78 is 80.2. The first-order valence-electron chi connectivity index (χ1n) is 10.5. The molecule has 0 saturated heterocycles. The van der Waals surface area contributed by atoms with Gasteiger partial charge < -0.3 is 14.8 Å². The third-order valence-corrected chi connectivity index (χ3v) is 9.16. The highest BCUT2D eigenvalue weighted by Gasteiger charge is 2.35. The van der Waals surface area contributed by atoms with Gasteiger partial charge >= 0.3 is 0 Å². The van der Waals surface area contributed by atoms with Crippen molar-refractivity contribution in [2.75, 3.05) is 6.61 Å². The maximum atomic E-state index is 13.9. The summed E-state index contributed by atoms with van der Waals surface area (Å²) in [5.74, 6) is -0.929. The van der Waals surface area contributed by atoms with Gasteiger partial charge in [0.1, 0.15) is 12.4 Å². The van der Waals surface area contributed by atoms with E-state index in [1.165, 1.54) is 43.3 Å². The molecule has 0 radical (unpaired) electrons. The van der Waals surface area contributed by atoms with Crippen LogP contribution in [0.1, 0.15) is 17.3 Å². The Kier molecular flexibility index (Phi) is 12.7. The van der Waals surface area contributed by atoms with E-state index in [-0.39, 0.29) is 27.3 Å². The summed E-state index contributed by atoms with van der Waals surface area (Å²) in [4.78, 5) is 9.33. The standard InChI is InChI=1S/C23H12Cl3F5N2O3S5/c1-23(8-32,9-35-15-7-11(25)3-5-14(15)36-13-4-2-10(24)6-12(13)26)33-22(34)16-17(37-27)19(39-29)21(41-31)20(40-30)18(16)38-28/h2-7H,9H2,1H3,(H,33,34)/t23-/m0/s1. The molecular formula is C23H12Cl3F5N2O3S5. The lowest BCUT2D eigenvalue weighted by molar-refractivity contribution is 0.0893. The Morgan fingerprint density at radius 2 is 1.32 bits per heavy atom. The molecule has 218 valence electrons. The quantitative estimate of drug-likeness (QED) is 0.184. The third kappa shape index (κ3) is 7.91. The summed E-state index contributed by atoms with van der Waals surface area (Å²) in [6, 6.07) is 10.6. The van der Waals surface area contributed by atoms with E-state index in [1.807, 2.05) is 6.07 Å². The second kappa shape index (κ2) is 15.3. The maximum absolute atomic E-state index is 13.9. The van der Waals surface area contributed by atoms with E-state index < -0.39 is 109 Å². The first-order chi connectivity index (χ1) is 19.6. The van der Waals surface area contributed by atoms with Gasteiger partial charge in [-0.25, -0.2) is 0 Å². The van der Waals surface area contributed by atoms with Crippen molar-refractivity contribution in [3.63, 3.8) is 0 Å². The lowest BCUT2D eigenvalue weighted by atomic mass is 10.0. The Morgan fingerprint density at radius 3 is 1.80 bits per heavy atom. The van der Waals surface area contributed by atoms with Gasteiger partial charge in [0.25, 0.3) is 5.91 Å². The van der Waals surface area contributed by atoms with Crippen molar-refractivity contribution in [2.45, 2.75) is 36.9 Å². The number of rotatable bonds is 12. The van der Waals surface area contributed by atoms with Gasteiger partial charge in [-0.15, -0.1) is 0 Å². The summed E-state index contributed by atoms with van der Waals surface area (Å²) in [5, 5.41) is 12.9. The fraction of sp³-hybridized carbons (Fsp3) is 0.130. The number of hydrogen-bond acceptors (Lipinski definition) is 9. The van der Waals surface area contributed by atoms with Gasteiger partial charge in [0, 0.05) is 16.1 Å². The molecule has 0 fully saturated rings. The van der Waals surface area contributed by atoms with Crippen LogP contribution in [0.4, 0.5) is 19.4 Å². The molecule has 41 heavy (non-hydrogen) atoms. The molecule has 0 heterocycles. The molecule has 0 aliphatic rings. The van der Waals surface area contributed by atoms with Crippen molar-refractivity contribution >= 4 is 101 Å². The Morgan fingerprint density at radius 1 is 0.829 bits per heavy atom. The van der Waals surface area contributed by atoms with Crippen molar-refractivity contribution in [1.82, 2.24) is 5.32 Å². The number of carbonyl (C=O) groups excluding carboxylic acids is 1. The Balaban J connectivity index is 1.94. The molecule has 3 aromatic carbocycles. The first kappa shape index (κ1) is 34.0. The van der Waals surface area contributed by atoms with E-state index in [2.05, 4.69) is 5.32 Å². The lowest BCUT2D eigenvalue weighted by Crippen LogP contribution is -2.49. The SMILES string of the molecule is C[C@](C#N)(COc1cc(Cl)ccc1Oc1ccc(Cl)cc1Cl)NC(=O)c1c(SF)c(SF)c(SF)c(SF)c1SF. The summed E-state index contributed by atoms with van der Waals surface area (Å²) in [6.45, 7) is 0.655. The monoisotopic (exact) mass is 724 g/mol. The van der Waals surface area contributed by atoms with E-state index in [1.54, 1.807) is 0 Å². The van der Waals surface area contributed by atoms with Gasteiger partial charge in [0.05, 0.1) is 102 Å². The van der Waals surface area contributed by atoms with Crippen LogP contribution in [0.25, 0.3) is 0 Å². The number of nitriles is 1. The number of halogens is 8. The third-order valence-electron chi connectivity index (χ3n) is 5.06. The van der Waals surface area contributed by atoms with E-state index >= 15 is 0 Å². The topological polar surface area (TPSA) is 71.3 Å². The largest absolute Gasteiger partial charge is 0.486 e. The van der Waals surface area contributed by atoms with Crippen molar-refractivity contribution < 1.29 is 33.7 Å². The summed E-state index contributed by atoms with van der Waals surface area (Å²) >= 11 is 14.9. The Hall–Kier alpha value is -1.51. The minimum atomic E-state index is -1.88. The molecule has 0 aliphatic heterocycles. The van der Waals surface area contributed by atoms with Gasteiger partial charge in [0.2, 0.25) is 0 Å². The Labute approximate surface area is 268 Å². The van der Waals surface area contributed by atoms with Gasteiger partial charge in [-0.2, -0.15) is 24.7 Å². The van der Waals surface area contributed by atoms with E-state index in [0.717, 1.165) is 0 Å². The molecule has 1 atom stereocenters. The smallest absolute Gasteiger partial charge is 0.255 e. The molecule has 0 bridgehead atoms. The molecule has 1 amide bonds. The van der Waals surface area contributed by atoms with Crippen molar-refractivity contribution in [3.05, 3.63) is 57.0 Å². The van der Waals surface area contributed by atoms with Crippen LogP contribution in [-0.4, -0.2) is 18.1 Å². The minimum Gasteiger partial charge on any atom is -0.486 e. The van der Waals surface area contributed by atoms with E-state index in [4.69, 9.17) is 44.3 Å². The van der Waals surface area contributed by atoms with E-state index in [0.29, 0.717) is 5.02 Å². The average Bonchev–Trinajstić information content (AvgIpc) is 2.96. The predicted molar refractivity (Wildman–Crippen MR) is 156 cm³/mol. The van der Waals surface area contributed by atoms with Crippen LogP contribution in [0.15, 0.2) is 60.9 Å². The number of nitrogens with one attached hydrogen (secondary N) is 1. The van der Waals surface area contributed by atoms with Crippen LogP contribution in [-0.2, 0) is 0 Å². The molecular weight excluding hydrogens is 714 g/mol. The van der Waals surface area contributed by atoms with Crippen LogP contribution in [0.2, 0.25) is 15.1 Å². The molecule has 0 saturated carbocycles. The van der Waals surface area contributed by atoms with Crippen LogP contribution in [0, 0.1) is 11.3 Å². The molecule has 0 spiro atoms. The fourth-order valence-corrected chi connectivity index (χ4v) is 6.73. The van der Waals surface area contributed by atoms with Crippen molar-refractivity contribution in [2.24, 2.45) is 0 Å². The number of amides is 1. The molecule has 0 aliphatic carbocycles. The highest BCUT2D eigenvalue weighted by molar-refractivity contribution is 8.00. The second-order valence-electron chi connectivity index (χ2n) is 7.86. The zero-order valence-corrected chi connectivity index (χ0v) is 26.3. The number of benzene rings is 3. The molecule has 0 unspecified atom stereocenters. The van der Waals surface area contributed by atoms with Gasteiger partial charge in [0.15, 0.2) is 17.0 Å². The molecule has 18 heteroatoms. The zero-order valence-electron chi connectivity index (χ0n) is 19.9. The average molecular weight is 726 g/mol. The van der Waals surface area contributed by atoms with Crippen LogP contribution < -0.4 is 14.8 Å². The summed E-state index contributed by atoms with van der Waals surface area (Å²) in [6.07, 6.45) is 0. The molecule has 3 rings (SSSR count). The van der Waals surface area contributed by atoms with Crippen LogP contribution in [0.3, 0.4) is 0 Å². The van der Waals surface area contributed by atoms with Gasteiger partial charge in [-0.3, -0.25) is 4.79 Å². The number of ether oxygens (including phenoxy) is 2. The van der Waals surface area contributed by atoms with Crippen molar-refractivity contribution in [3.8, 4) is 23.3 Å². The normalized spacial score (nSPS) is 12.4. The van der Waals surface area contributed by atoms with Crippen molar-refractivity contribution in [1.29, 1.82) is 5.26 Å². The highest BCUT2D eigenvalue weighted by Crippen LogP contribution is 2.52. The van der Waals surface area contributed by atoms with Crippen LogP contribution >= 0.6 is 95.5 Å². The Bertz CT molecular complexity index is 1470. The lowest BCUT2D eigenvalue weighted by Gasteiger charge is -2.25. The summed E-state index contributed by atoms with van der Waals surface area (Å²) in [5.41, 5.74) is -2.72.